The summed E-state index contributed by atoms with van der Waals surface area (Å²) in [5, 5.41) is 0.557. The van der Waals surface area contributed by atoms with E-state index in [1.54, 1.807) is 12.1 Å². The Labute approximate surface area is 107 Å². The van der Waals surface area contributed by atoms with Crippen LogP contribution in [0.15, 0.2) is 18.2 Å². The van der Waals surface area contributed by atoms with Crippen LogP contribution in [0.5, 0.6) is 0 Å². The number of hydrogen-bond acceptors (Lipinski definition) is 2. The molecule has 1 unspecified atom stereocenters. The van der Waals surface area contributed by atoms with Gasteiger partial charge < -0.3 is 5.73 Å². The number of nitrogens with two attached hydrogens (primary N) is 1. The highest BCUT2D eigenvalue weighted by Crippen LogP contribution is 2.32. The number of halogens is 2. The Bertz CT molecular complexity index is 393. The summed E-state index contributed by atoms with van der Waals surface area (Å²) in [7, 11) is 2.02. The maximum atomic E-state index is 13.8. The van der Waals surface area contributed by atoms with E-state index in [2.05, 4.69) is 4.90 Å². The van der Waals surface area contributed by atoms with Crippen LogP contribution in [0.2, 0.25) is 5.02 Å². The van der Waals surface area contributed by atoms with E-state index in [0.717, 1.165) is 0 Å². The molecule has 0 spiro atoms. The van der Waals surface area contributed by atoms with Crippen molar-refractivity contribution >= 4 is 11.6 Å². The normalized spacial score (nSPS) is 18.2. The molecule has 2 nitrogen and oxygen atoms in total. The predicted octanol–water partition coefficient (Wildman–Crippen LogP) is 2.96. The second-order valence-corrected chi connectivity index (χ2v) is 5.10. The average molecular weight is 257 g/mol. The zero-order chi connectivity index (χ0) is 12.4. The highest BCUT2D eigenvalue weighted by molar-refractivity contribution is 6.30. The summed E-state index contributed by atoms with van der Waals surface area (Å²) in [6.07, 6.45) is 3.61. The van der Waals surface area contributed by atoms with Gasteiger partial charge in [0.2, 0.25) is 0 Å². The van der Waals surface area contributed by atoms with Crippen LogP contribution in [0.3, 0.4) is 0 Å². The van der Waals surface area contributed by atoms with Crippen molar-refractivity contribution < 1.29 is 4.39 Å². The van der Waals surface area contributed by atoms with Gasteiger partial charge in [-0.1, -0.05) is 18.0 Å². The van der Waals surface area contributed by atoms with Crippen LogP contribution < -0.4 is 5.73 Å². The number of likely N-dealkylation sites (N-methyl/N-ethyl adjacent to an activating group) is 1. The number of hydrogen-bond donors (Lipinski definition) is 1. The molecule has 0 aliphatic heterocycles. The number of nitrogens with zero attached hydrogens (tertiary/aromatic N) is 1. The molecule has 1 fully saturated rings. The molecule has 1 atom stereocenters. The van der Waals surface area contributed by atoms with Gasteiger partial charge >= 0.3 is 0 Å². The highest BCUT2D eigenvalue weighted by atomic mass is 35.5. The van der Waals surface area contributed by atoms with Gasteiger partial charge in [0.15, 0.2) is 0 Å². The summed E-state index contributed by atoms with van der Waals surface area (Å²) in [5.41, 5.74) is 6.40. The second kappa shape index (κ2) is 5.34. The van der Waals surface area contributed by atoms with Crippen LogP contribution in [0.4, 0.5) is 4.39 Å². The first-order valence-corrected chi connectivity index (χ1v) is 6.38. The van der Waals surface area contributed by atoms with Crippen LogP contribution in [-0.4, -0.2) is 24.5 Å². The second-order valence-electron chi connectivity index (χ2n) is 4.67. The molecule has 0 radical (unpaired) electrons. The summed E-state index contributed by atoms with van der Waals surface area (Å²) < 4.78 is 13.8. The first kappa shape index (κ1) is 12.8. The van der Waals surface area contributed by atoms with Crippen LogP contribution in [0.25, 0.3) is 0 Å². The van der Waals surface area contributed by atoms with E-state index in [4.69, 9.17) is 17.3 Å². The predicted molar refractivity (Wildman–Crippen MR) is 68.6 cm³/mol. The van der Waals surface area contributed by atoms with Gasteiger partial charge in [-0.05, 0) is 38.1 Å². The lowest BCUT2D eigenvalue weighted by molar-refractivity contribution is 0.111. The van der Waals surface area contributed by atoms with Gasteiger partial charge in [0.25, 0.3) is 0 Å². The van der Waals surface area contributed by atoms with Crippen molar-refractivity contribution in [1.29, 1.82) is 0 Å². The van der Waals surface area contributed by atoms with Crippen molar-refractivity contribution in [2.45, 2.75) is 31.3 Å². The molecule has 1 saturated carbocycles. The van der Waals surface area contributed by atoms with E-state index in [9.17, 15) is 4.39 Å². The standard InChI is InChI=1S/C13H18ClFN2/c1-17(10-3-2-4-10)13(8-16)11-7-9(14)5-6-12(11)15/h5-7,10,13H,2-4,8,16H2,1H3. The molecule has 4 heteroatoms. The van der Waals surface area contributed by atoms with Crippen molar-refractivity contribution in [3.05, 3.63) is 34.6 Å². The van der Waals surface area contributed by atoms with Crippen LogP contribution in [0.1, 0.15) is 30.9 Å². The lowest BCUT2D eigenvalue weighted by Crippen LogP contribution is -2.42. The molecule has 17 heavy (non-hydrogen) atoms. The Balaban J connectivity index is 2.24. The van der Waals surface area contributed by atoms with E-state index in [0.29, 0.717) is 23.2 Å². The van der Waals surface area contributed by atoms with E-state index in [1.807, 2.05) is 7.05 Å². The molecular weight excluding hydrogens is 239 g/mol. The van der Waals surface area contributed by atoms with Crippen molar-refractivity contribution in [2.24, 2.45) is 5.73 Å². The van der Waals surface area contributed by atoms with Gasteiger partial charge in [0.05, 0.1) is 0 Å². The molecule has 0 heterocycles. The number of rotatable bonds is 4. The maximum absolute atomic E-state index is 13.8. The molecule has 94 valence electrons. The molecule has 1 aromatic rings. The van der Waals surface area contributed by atoms with Crippen molar-refractivity contribution in [2.75, 3.05) is 13.6 Å². The Morgan fingerprint density at radius 2 is 2.24 bits per heavy atom. The Kier molecular flexibility index (Phi) is 4.02. The maximum Gasteiger partial charge on any atom is 0.128 e. The quantitative estimate of drug-likeness (QED) is 0.898. The molecule has 2 rings (SSSR count). The van der Waals surface area contributed by atoms with E-state index >= 15 is 0 Å². The summed E-state index contributed by atoms with van der Waals surface area (Å²) >= 11 is 5.92. The summed E-state index contributed by atoms with van der Waals surface area (Å²) in [6.45, 7) is 0.407. The average Bonchev–Trinajstić information content (AvgIpc) is 2.22. The van der Waals surface area contributed by atoms with Crippen LogP contribution >= 0.6 is 11.6 Å². The fourth-order valence-electron chi connectivity index (χ4n) is 2.33. The molecule has 1 aliphatic carbocycles. The van der Waals surface area contributed by atoms with Gasteiger partial charge in [-0.25, -0.2) is 4.39 Å². The third kappa shape index (κ3) is 2.62. The van der Waals surface area contributed by atoms with E-state index < -0.39 is 0 Å². The first-order chi connectivity index (χ1) is 8.13. The zero-order valence-corrected chi connectivity index (χ0v) is 10.8. The van der Waals surface area contributed by atoms with Crippen molar-refractivity contribution in [3.63, 3.8) is 0 Å². The minimum atomic E-state index is -0.226. The van der Waals surface area contributed by atoms with Crippen LogP contribution in [-0.2, 0) is 0 Å². The van der Waals surface area contributed by atoms with E-state index in [1.165, 1.54) is 25.3 Å². The summed E-state index contributed by atoms with van der Waals surface area (Å²) in [5.74, 6) is -0.226. The molecule has 1 aromatic carbocycles. The SMILES string of the molecule is CN(C1CCC1)C(CN)c1cc(Cl)ccc1F. The minimum Gasteiger partial charge on any atom is -0.329 e. The van der Waals surface area contributed by atoms with Crippen molar-refractivity contribution in [1.82, 2.24) is 4.90 Å². The molecule has 0 saturated heterocycles. The van der Waals surface area contributed by atoms with Gasteiger partial charge in [-0.2, -0.15) is 0 Å². The molecule has 2 N–H and O–H groups in total. The lowest BCUT2D eigenvalue weighted by atomic mass is 9.89. The van der Waals surface area contributed by atoms with Gasteiger partial charge in [0, 0.05) is 29.2 Å². The van der Waals surface area contributed by atoms with Crippen LogP contribution in [0, 0.1) is 5.82 Å². The lowest BCUT2D eigenvalue weighted by Gasteiger charge is -2.40. The Morgan fingerprint density at radius 3 is 2.76 bits per heavy atom. The Morgan fingerprint density at radius 1 is 1.53 bits per heavy atom. The third-order valence-electron chi connectivity index (χ3n) is 3.68. The first-order valence-electron chi connectivity index (χ1n) is 6.00. The molecular formula is C13H18ClFN2. The topological polar surface area (TPSA) is 29.3 Å². The van der Waals surface area contributed by atoms with Gasteiger partial charge in [-0.15, -0.1) is 0 Å². The number of benzene rings is 1. The largest absolute Gasteiger partial charge is 0.329 e. The fourth-order valence-corrected chi connectivity index (χ4v) is 2.51. The highest BCUT2D eigenvalue weighted by Gasteiger charge is 2.29. The third-order valence-corrected chi connectivity index (χ3v) is 3.92. The summed E-state index contributed by atoms with van der Waals surface area (Å²) in [4.78, 5) is 2.18. The monoisotopic (exact) mass is 256 g/mol. The molecule has 1 aliphatic rings. The van der Waals surface area contributed by atoms with Gasteiger partial charge in [-0.3, -0.25) is 4.90 Å². The van der Waals surface area contributed by atoms with Gasteiger partial charge in [0.1, 0.15) is 5.82 Å². The zero-order valence-electron chi connectivity index (χ0n) is 10.00. The molecule has 0 aromatic heterocycles. The fraction of sp³-hybridized carbons (Fsp3) is 0.538. The summed E-state index contributed by atoms with van der Waals surface area (Å²) in [6, 6.07) is 5.11. The molecule has 0 bridgehead atoms. The van der Waals surface area contributed by atoms with E-state index in [-0.39, 0.29) is 11.9 Å². The smallest absolute Gasteiger partial charge is 0.128 e. The Hall–Kier alpha value is -0.640. The minimum absolute atomic E-state index is 0.0843. The van der Waals surface area contributed by atoms with Crippen molar-refractivity contribution in [3.8, 4) is 0 Å². The molecule has 0 amide bonds.